The molecule has 0 N–H and O–H groups in total. The third kappa shape index (κ3) is 1.96. The molecule has 0 nitrogen and oxygen atoms in total. The molecule has 0 aromatic heterocycles. The Labute approximate surface area is 120 Å². The summed E-state index contributed by atoms with van der Waals surface area (Å²) in [5, 5.41) is 0. The molecular weight excluding hydrogens is 275 g/mol. The normalized spacial score (nSPS) is 12.1. The quantitative estimate of drug-likeness (QED) is 0.462. The molecule has 0 bridgehead atoms. The first kappa shape index (κ1) is 13.8. The van der Waals surface area contributed by atoms with Gasteiger partial charge in [-0.3, -0.25) is 0 Å². The van der Waals surface area contributed by atoms with E-state index in [1.807, 2.05) is 0 Å². The van der Waals surface area contributed by atoms with Gasteiger partial charge >= 0.3 is 95.4 Å². The minimum atomic E-state index is 0. The Hall–Kier alpha value is -0.266. The summed E-state index contributed by atoms with van der Waals surface area (Å²) in [4.78, 5) is 0. The van der Waals surface area contributed by atoms with Crippen LogP contribution >= 0.6 is 0 Å². The van der Waals surface area contributed by atoms with E-state index < -0.39 is 0 Å². The predicted molar refractivity (Wildman–Crippen MR) is 53.7 cm³/mol. The molecule has 0 unspecified atom stereocenters. The van der Waals surface area contributed by atoms with Gasteiger partial charge in [-0.25, -0.2) is 0 Å². The van der Waals surface area contributed by atoms with Gasteiger partial charge in [-0.05, 0) is 0 Å². The van der Waals surface area contributed by atoms with Crippen LogP contribution in [0.25, 0.3) is 11.1 Å². The average Bonchev–Trinajstić information content (AvgIpc) is 2.55. The van der Waals surface area contributed by atoms with Crippen LogP contribution in [0.2, 0.25) is 0 Å². The van der Waals surface area contributed by atoms with Crippen molar-refractivity contribution in [1.29, 1.82) is 0 Å². The van der Waals surface area contributed by atoms with Crippen molar-refractivity contribution in [2.75, 3.05) is 0 Å². The Morgan fingerprint density at radius 1 is 0.688 bits per heavy atom. The molecule has 0 atom stereocenters. The molecule has 2 aromatic carbocycles. The summed E-state index contributed by atoms with van der Waals surface area (Å²) in [5.74, 6) is 0. The van der Waals surface area contributed by atoms with E-state index >= 15 is 0 Å². The van der Waals surface area contributed by atoms with Crippen LogP contribution < -0.4 is 24.8 Å². The molecule has 16 heavy (non-hydrogen) atoms. The molecule has 0 saturated carbocycles. The molecule has 0 fully saturated rings. The van der Waals surface area contributed by atoms with Crippen molar-refractivity contribution in [2.24, 2.45) is 0 Å². The predicted octanol–water partition coefficient (Wildman–Crippen LogP) is -2.69. The molecule has 79 valence electrons. The summed E-state index contributed by atoms with van der Waals surface area (Å²) in [7, 11) is 0. The molecule has 2 aromatic rings. The third-order valence-electron chi connectivity index (χ3n) is 2.83. The Balaban J connectivity index is 0.000000640. The fourth-order valence-electron chi connectivity index (χ4n) is 2.16. The number of rotatable bonds is 0. The van der Waals surface area contributed by atoms with E-state index in [4.69, 9.17) is 0 Å². The molecular formula is C13H9Cl2Ti. The number of fused-ring (bicyclic) bond motifs is 3. The SMILES string of the molecule is [Cl-].[Cl-].[Ti+2][CH]1c2ccccc2-c2ccccc21. The van der Waals surface area contributed by atoms with Gasteiger partial charge < -0.3 is 24.8 Å². The Bertz CT molecular complexity index is 451. The average molecular weight is 284 g/mol. The van der Waals surface area contributed by atoms with E-state index in [0.29, 0.717) is 4.22 Å². The van der Waals surface area contributed by atoms with Gasteiger partial charge in [0.25, 0.3) is 0 Å². The topological polar surface area (TPSA) is 0 Å². The minimum absolute atomic E-state index is 0. The fraction of sp³-hybridized carbons (Fsp3) is 0.0769. The summed E-state index contributed by atoms with van der Waals surface area (Å²) < 4.78 is 0.558. The Kier molecular flexibility index (Phi) is 4.64. The molecule has 3 heteroatoms. The molecule has 3 rings (SSSR count). The first-order chi connectivity index (χ1) is 6.88. The molecule has 0 radical (unpaired) electrons. The van der Waals surface area contributed by atoms with E-state index in [1.54, 1.807) is 0 Å². The van der Waals surface area contributed by atoms with Crippen molar-refractivity contribution >= 4 is 0 Å². The van der Waals surface area contributed by atoms with Gasteiger partial charge in [0.15, 0.2) is 0 Å². The molecule has 0 aliphatic heterocycles. The Morgan fingerprint density at radius 3 is 1.50 bits per heavy atom. The van der Waals surface area contributed by atoms with Gasteiger partial charge in [-0.15, -0.1) is 0 Å². The van der Waals surface area contributed by atoms with Crippen LogP contribution in [-0.2, 0) is 20.4 Å². The summed E-state index contributed by atoms with van der Waals surface area (Å²) in [6.07, 6.45) is 0. The third-order valence-corrected chi connectivity index (χ3v) is 3.81. The second kappa shape index (κ2) is 5.38. The van der Waals surface area contributed by atoms with Crippen molar-refractivity contribution in [1.82, 2.24) is 0 Å². The maximum absolute atomic E-state index is 2.28. The van der Waals surface area contributed by atoms with Gasteiger partial charge in [0.05, 0.1) is 0 Å². The van der Waals surface area contributed by atoms with Crippen LogP contribution in [0.3, 0.4) is 0 Å². The van der Waals surface area contributed by atoms with Gasteiger partial charge in [0.2, 0.25) is 0 Å². The molecule has 0 amide bonds. The Morgan fingerprint density at radius 2 is 1.06 bits per heavy atom. The number of benzene rings is 2. The first-order valence-corrected chi connectivity index (χ1v) is 5.67. The second-order valence-corrected chi connectivity index (χ2v) is 4.51. The van der Waals surface area contributed by atoms with Crippen LogP contribution in [0, 0.1) is 0 Å². The zero-order chi connectivity index (χ0) is 9.54. The number of hydrogen-bond donors (Lipinski definition) is 0. The van der Waals surface area contributed by atoms with E-state index in [-0.39, 0.29) is 24.8 Å². The summed E-state index contributed by atoms with van der Waals surface area (Å²) in [5.41, 5.74) is 5.76. The summed E-state index contributed by atoms with van der Waals surface area (Å²) in [6.45, 7) is 0. The number of halogens is 2. The van der Waals surface area contributed by atoms with E-state index in [0.717, 1.165) is 0 Å². The van der Waals surface area contributed by atoms with Crippen LogP contribution in [0.4, 0.5) is 0 Å². The van der Waals surface area contributed by atoms with Crippen molar-refractivity contribution in [2.45, 2.75) is 4.22 Å². The van der Waals surface area contributed by atoms with Crippen LogP contribution in [0.1, 0.15) is 15.3 Å². The number of hydrogen-bond acceptors (Lipinski definition) is 0. The van der Waals surface area contributed by atoms with Crippen molar-refractivity contribution in [3.63, 3.8) is 0 Å². The van der Waals surface area contributed by atoms with Crippen molar-refractivity contribution in [3.8, 4) is 11.1 Å². The molecule has 1 aliphatic carbocycles. The van der Waals surface area contributed by atoms with Gasteiger partial charge in [0, 0.05) is 0 Å². The van der Waals surface area contributed by atoms with Gasteiger partial charge in [-0.1, -0.05) is 0 Å². The maximum atomic E-state index is 2.28. The van der Waals surface area contributed by atoms with Gasteiger partial charge in [0.1, 0.15) is 0 Å². The standard InChI is InChI=1S/C13H9.2ClH.Ti/c1-3-7-12-10(5-1)9-11-6-2-4-8-13(11)12;;;/h1-9H;2*1H;/q;;;+2/p-2. The zero-order valence-corrected chi connectivity index (χ0v) is 11.5. The second-order valence-electron chi connectivity index (χ2n) is 3.61. The monoisotopic (exact) mass is 283 g/mol. The van der Waals surface area contributed by atoms with Crippen LogP contribution in [0.5, 0.6) is 0 Å². The molecule has 0 spiro atoms. The zero-order valence-electron chi connectivity index (χ0n) is 8.45. The summed E-state index contributed by atoms with van der Waals surface area (Å²) in [6, 6.07) is 17.4. The molecule has 0 saturated heterocycles. The molecule has 1 aliphatic rings. The van der Waals surface area contributed by atoms with Crippen molar-refractivity contribution < 1.29 is 45.2 Å². The fourth-order valence-corrected chi connectivity index (χ4v) is 2.94. The summed E-state index contributed by atoms with van der Waals surface area (Å²) >= 11 is 2.28. The molecule has 0 heterocycles. The first-order valence-electron chi connectivity index (χ1n) is 4.77. The van der Waals surface area contributed by atoms with Crippen LogP contribution in [-0.4, -0.2) is 0 Å². The van der Waals surface area contributed by atoms with Gasteiger partial charge in [-0.2, -0.15) is 0 Å². The van der Waals surface area contributed by atoms with E-state index in [1.165, 1.54) is 22.3 Å². The van der Waals surface area contributed by atoms with Crippen LogP contribution in [0.15, 0.2) is 48.5 Å². The van der Waals surface area contributed by atoms with E-state index in [9.17, 15) is 0 Å². The van der Waals surface area contributed by atoms with Crippen molar-refractivity contribution in [3.05, 3.63) is 59.7 Å². The van der Waals surface area contributed by atoms with E-state index in [2.05, 4.69) is 69.0 Å².